The molecular weight excluding hydrogens is 178 g/mol. The van der Waals surface area contributed by atoms with Gasteiger partial charge in [0.2, 0.25) is 0 Å². The predicted molar refractivity (Wildman–Crippen MR) is 51.6 cm³/mol. The van der Waals surface area contributed by atoms with Crippen LogP contribution in [0.3, 0.4) is 0 Å². The van der Waals surface area contributed by atoms with E-state index in [0.717, 1.165) is 52.1 Å². The molecule has 2 saturated heterocycles. The van der Waals surface area contributed by atoms with Gasteiger partial charge in [-0.15, -0.1) is 0 Å². The monoisotopic (exact) mass is 195 g/mol. The topological polar surface area (TPSA) is 42.2 Å². The molecule has 2 fully saturated rings. The van der Waals surface area contributed by atoms with Gasteiger partial charge in [-0.05, 0) is 31.6 Å². The summed E-state index contributed by atoms with van der Waals surface area (Å²) in [7, 11) is 0. The van der Waals surface area contributed by atoms with Gasteiger partial charge in [0.15, 0.2) is 0 Å². The third-order valence-electron chi connectivity index (χ3n) is 3.61. The minimum absolute atomic E-state index is 0.109. The molecule has 0 atom stereocenters. The van der Waals surface area contributed by atoms with Crippen molar-refractivity contribution in [3.05, 3.63) is 0 Å². The van der Waals surface area contributed by atoms with Gasteiger partial charge in [-0.3, -0.25) is 0 Å². The smallest absolute Gasteiger partial charge is 0.0694 e. The zero-order chi connectivity index (χ0) is 9.86. The van der Waals surface area contributed by atoms with Crippen molar-refractivity contribution in [2.24, 2.45) is 11.3 Å². The lowest BCUT2D eigenvalue weighted by molar-refractivity contribution is -0.0275. The summed E-state index contributed by atoms with van der Waals surface area (Å²) in [5.41, 5.74) is -0.109. The highest BCUT2D eigenvalue weighted by Gasteiger charge is 2.40. The van der Waals surface area contributed by atoms with E-state index in [9.17, 15) is 5.26 Å². The summed E-state index contributed by atoms with van der Waals surface area (Å²) in [5, 5.41) is 9.35. The van der Waals surface area contributed by atoms with Crippen LogP contribution in [0.2, 0.25) is 0 Å². The molecule has 2 aliphatic heterocycles. The first-order valence-corrected chi connectivity index (χ1v) is 5.44. The largest absolute Gasteiger partial charge is 0.381 e. The molecule has 2 heterocycles. The summed E-state index contributed by atoms with van der Waals surface area (Å²) >= 11 is 0. The third kappa shape index (κ3) is 1.77. The van der Waals surface area contributed by atoms with Gasteiger partial charge in [0.25, 0.3) is 0 Å². The van der Waals surface area contributed by atoms with Gasteiger partial charge >= 0.3 is 0 Å². The minimum Gasteiger partial charge on any atom is -0.381 e. The Kier molecular flexibility index (Phi) is 3.05. The number of ether oxygens (including phenoxy) is 2. The third-order valence-corrected chi connectivity index (χ3v) is 3.61. The highest BCUT2D eigenvalue weighted by molar-refractivity contribution is 5.04. The fraction of sp³-hybridized carbons (Fsp3) is 0.909. The van der Waals surface area contributed by atoms with E-state index >= 15 is 0 Å². The van der Waals surface area contributed by atoms with Crippen molar-refractivity contribution in [1.82, 2.24) is 0 Å². The Morgan fingerprint density at radius 2 is 1.57 bits per heavy atom. The van der Waals surface area contributed by atoms with Gasteiger partial charge in [-0.1, -0.05) is 0 Å². The molecule has 0 aliphatic carbocycles. The predicted octanol–water partition coefficient (Wildman–Crippen LogP) is 1.73. The lowest BCUT2D eigenvalue weighted by atomic mass is 9.68. The van der Waals surface area contributed by atoms with Crippen LogP contribution in [0.1, 0.15) is 25.7 Å². The van der Waals surface area contributed by atoms with Crippen LogP contribution in [0.4, 0.5) is 0 Å². The van der Waals surface area contributed by atoms with Crippen molar-refractivity contribution in [3.8, 4) is 6.07 Å². The zero-order valence-electron chi connectivity index (χ0n) is 8.50. The number of hydrogen-bond acceptors (Lipinski definition) is 3. The van der Waals surface area contributed by atoms with Crippen LogP contribution in [0.15, 0.2) is 0 Å². The van der Waals surface area contributed by atoms with Crippen LogP contribution in [-0.2, 0) is 9.47 Å². The van der Waals surface area contributed by atoms with E-state index in [2.05, 4.69) is 6.07 Å². The molecule has 0 bridgehead atoms. The maximum Gasteiger partial charge on any atom is 0.0694 e. The van der Waals surface area contributed by atoms with Crippen molar-refractivity contribution >= 4 is 0 Å². The Balaban J connectivity index is 2.06. The molecule has 0 radical (unpaired) electrons. The Morgan fingerprint density at radius 1 is 1.00 bits per heavy atom. The van der Waals surface area contributed by atoms with Crippen molar-refractivity contribution in [2.75, 3.05) is 26.4 Å². The Bertz CT molecular complexity index is 222. The highest BCUT2D eigenvalue weighted by Crippen LogP contribution is 2.42. The summed E-state index contributed by atoms with van der Waals surface area (Å²) in [6.45, 7) is 3.17. The number of hydrogen-bond donors (Lipinski definition) is 0. The van der Waals surface area contributed by atoms with E-state index in [1.165, 1.54) is 0 Å². The fourth-order valence-electron chi connectivity index (χ4n) is 2.60. The standard InChI is InChI=1S/C11H17NO2/c12-9-11(3-7-14-8-4-11)10-1-5-13-6-2-10/h10H,1-8H2. The van der Waals surface area contributed by atoms with Gasteiger partial charge in [0.05, 0.1) is 11.5 Å². The molecule has 2 rings (SSSR count). The first kappa shape index (κ1) is 9.95. The molecule has 0 saturated carbocycles. The average Bonchev–Trinajstić information content (AvgIpc) is 2.31. The van der Waals surface area contributed by atoms with Crippen LogP contribution < -0.4 is 0 Å². The molecule has 0 spiro atoms. The van der Waals surface area contributed by atoms with Crippen molar-refractivity contribution < 1.29 is 9.47 Å². The normalized spacial score (nSPS) is 28.2. The van der Waals surface area contributed by atoms with Gasteiger partial charge in [0, 0.05) is 26.4 Å². The van der Waals surface area contributed by atoms with E-state index < -0.39 is 0 Å². The van der Waals surface area contributed by atoms with Crippen molar-refractivity contribution in [3.63, 3.8) is 0 Å². The molecule has 0 aromatic rings. The SMILES string of the molecule is N#CC1(C2CCOCC2)CCOCC1. The van der Waals surface area contributed by atoms with E-state index in [0.29, 0.717) is 5.92 Å². The molecule has 2 aliphatic rings. The number of rotatable bonds is 1. The minimum atomic E-state index is -0.109. The van der Waals surface area contributed by atoms with Crippen LogP contribution in [0.25, 0.3) is 0 Å². The quantitative estimate of drug-likeness (QED) is 0.640. The van der Waals surface area contributed by atoms with Gasteiger partial charge in [-0.2, -0.15) is 5.26 Å². The molecule has 0 aromatic heterocycles. The van der Waals surface area contributed by atoms with Crippen molar-refractivity contribution in [1.29, 1.82) is 5.26 Å². The molecule has 0 unspecified atom stereocenters. The molecule has 3 nitrogen and oxygen atoms in total. The van der Waals surface area contributed by atoms with E-state index in [-0.39, 0.29) is 5.41 Å². The Hall–Kier alpha value is -0.590. The summed E-state index contributed by atoms with van der Waals surface area (Å²) in [4.78, 5) is 0. The molecule has 0 amide bonds. The van der Waals surface area contributed by atoms with Crippen molar-refractivity contribution in [2.45, 2.75) is 25.7 Å². The first-order chi connectivity index (χ1) is 6.87. The zero-order valence-corrected chi connectivity index (χ0v) is 8.50. The molecule has 78 valence electrons. The lowest BCUT2D eigenvalue weighted by Crippen LogP contribution is -2.38. The summed E-state index contributed by atoms with van der Waals surface area (Å²) in [6.07, 6.45) is 3.92. The van der Waals surface area contributed by atoms with E-state index in [1.807, 2.05) is 0 Å². The Labute approximate surface area is 85.0 Å². The first-order valence-electron chi connectivity index (χ1n) is 5.44. The summed E-state index contributed by atoms with van der Waals surface area (Å²) in [6, 6.07) is 2.55. The molecule has 3 heteroatoms. The van der Waals surface area contributed by atoms with Crippen LogP contribution in [0, 0.1) is 22.7 Å². The number of nitriles is 1. The van der Waals surface area contributed by atoms with Gasteiger partial charge in [0.1, 0.15) is 0 Å². The maximum absolute atomic E-state index is 9.35. The molecule has 0 N–H and O–H groups in total. The van der Waals surface area contributed by atoms with E-state index in [4.69, 9.17) is 9.47 Å². The lowest BCUT2D eigenvalue weighted by Gasteiger charge is -2.39. The fourth-order valence-corrected chi connectivity index (χ4v) is 2.60. The second kappa shape index (κ2) is 4.29. The van der Waals surface area contributed by atoms with Crippen LogP contribution in [-0.4, -0.2) is 26.4 Å². The summed E-state index contributed by atoms with van der Waals surface area (Å²) in [5.74, 6) is 0.533. The molecular formula is C11H17NO2. The van der Waals surface area contributed by atoms with E-state index in [1.54, 1.807) is 0 Å². The maximum atomic E-state index is 9.35. The second-order valence-electron chi connectivity index (χ2n) is 4.27. The Morgan fingerprint density at radius 3 is 2.14 bits per heavy atom. The van der Waals surface area contributed by atoms with Gasteiger partial charge in [-0.25, -0.2) is 0 Å². The summed E-state index contributed by atoms with van der Waals surface area (Å²) < 4.78 is 10.7. The number of nitrogens with zero attached hydrogens (tertiary/aromatic N) is 1. The highest BCUT2D eigenvalue weighted by atomic mass is 16.5. The van der Waals surface area contributed by atoms with Crippen LogP contribution in [0.5, 0.6) is 0 Å². The average molecular weight is 195 g/mol. The molecule has 0 aromatic carbocycles. The second-order valence-corrected chi connectivity index (χ2v) is 4.27. The van der Waals surface area contributed by atoms with Gasteiger partial charge < -0.3 is 9.47 Å². The molecule has 14 heavy (non-hydrogen) atoms. The van der Waals surface area contributed by atoms with Crippen LogP contribution >= 0.6 is 0 Å².